The van der Waals surface area contributed by atoms with Crippen LogP contribution in [0.15, 0.2) is 48.5 Å². The second kappa shape index (κ2) is 6.16. The maximum atomic E-state index is 13.3. The fourth-order valence-electron chi connectivity index (χ4n) is 3.72. The SMILES string of the molecule is COc1cccc(NC(=O)C2(C(=O)N3c4ccccc4CC3C)CC2)c1. The van der Waals surface area contributed by atoms with Crippen LogP contribution in [0, 0.1) is 5.41 Å². The maximum absolute atomic E-state index is 13.3. The van der Waals surface area contributed by atoms with Gasteiger partial charge >= 0.3 is 0 Å². The Morgan fingerprint density at radius 3 is 2.65 bits per heavy atom. The van der Waals surface area contributed by atoms with Crippen LogP contribution in [0.1, 0.15) is 25.3 Å². The summed E-state index contributed by atoms with van der Waals surface area (Å²) in [5, 5.41) is 2.90. The number of hydrogen-bond donors (Lipinski definition) is 1. The van der Waals surface area contributed by atoms with Gasteiger partial charge in [0.2, 0.25) is 11.8 Å². The largest absolute Gasteiger partial charge is 0.497 e. The number of rotatable bonds is 4. The first-order chi connectivity index (χ1) is 12.5. The first-order valence-electron chi connectivity index (χ1n) is 8.92. The van der Waals surface area contributed by atoms with Gasteiger partial charge in [-0.25, -0.2) is 0 Å². The predicted molar refractivity (Wildman–Crippen MR) is 100 cm³/mol. The Kier molecular flexibility index (Phi) is 3.94. The van der Waals surface area contributed by atoms with E-state index in [9.17, 15) is 9.59 Å². The molecule has 1 atom stereocenters. The van der Waals surface area contributed by atoms with Crippen molar-refractivity contribution in [3.8, 4) is 5.75 Å². The molecule has 1 N–H and O–H groups in total. The molecule has 4 rings (SSSR count). The van der Waals surface area contributed by atoms with Crippen LogP contribution >= 0.6 is 0 Å². The van der Waals surface area contributed by atoms with Crippen LogP contribution in [0.5, 0.6) is 5.75 Å². The van der Waals surface area contributed by atoms with Gasteiger partial charge in [-0.15, -0.1) is 0 Å². The predicted octanol–water partition coefficient (Wildman–Crippen LogP) is 3.39. The molecule has 0 radical (unpaired) electrons. The second-order valence-electron chi connectivity index (χ2n) is 7.13. The fourth-order valence-corrected chi connectivity index (χ4v) is 3.72. The minimum Gasteiger partial charge on any atom is -0.497 e. The van der Waals surface area contributed by atoms with Gasteiger partial charge in [-0.3, -0.25) is 9.59 Å². The third-order valence-corrected chi connectivity index (χ3v) is 5.35. The van der Waals surface area contributed by atoms with Crippen molar-refractivity contribution >= 4 is 23.2 Å². The number of ether oxygens (including phenoxy) is 1. The van der Waals surface area contributed by atoms with Gasteiger partial charge in [0.1, 0.15) is 11.2 Å². The number of carbonyl (C=O) groups is 2. The highest BCUT2D eigenvalue weighted by Crippen LogP contribution is 2.50. The second-order valence-corrected chi connectivity index (χ2v) is 7.13. The van der Waals surface area contributed by atoms with Gasteiger partial charge in [-0.2, -0.15) is 0 Å². The fraction of sp³-hybridized carbons (Fsp3) is 0.333. The molecule has 0 aromatic heterocycles. The molecule has 1 unspecified atom stereocenters. The Morgan fingerprint density at radius 2 is 1.92 bits per heavy atom. The van der Waals surface area contributed by atoms with E-state index in [1.54, 1.807) is 19.2 Å². The van der Waals surface area contributed by atoms with Gasteiger partial charge in [0.25, 0.3) is 0 Å². The molecular weight excluding hydrogens is 328 g/mol. The normalized spacial score (nSPS) is 19.6. The van der Waals surface area contributed by atoms with Crippen molar-refractivity contribution < 1.29 is 14.3 Å². The van der Waals surface area contributed by atoms with Crippen LogP contribution < -0.4 is 15.0 Å². The first-order valence-corrected chi connectivity index (χ1v) is 8.92. The number of hydrogen-bond acceptors (Lipinski definition) is 3. The van der Waals surface area contributed by atoms with E-state index >= 15 is 0 Å². The minimum atomic E-state index is -0.950. The number of methoxy groups -OCH3 is 1. The summed E-state index contributed by atoms with van der Waals surface area (Å²) in [6.07, 6.45) is 2.01. The lowest BCUT2D eigenvalue weighted by Crippen LogP contribution is -2.45. The van der Waals surface area contributed by atoms with Crippen LogP contribution in [0.3, 0.4) is 0 Å². The third-order valence-electron chi connectivity index (χ3n) is 5.35. The smallest absolute Gasteiger partial charge is 0.242 e. The summed E-state index contributed by atoms with van der Waals surface area (Å²) in [5.74, 6) is 0.351. The maximum Gasteiger partial charge on any atom is 0.242 e. The van der Waals surface area contributed by atoms with E-state index in [1.807, 2.05) is 42.2 Å². The Balaban J connectivity index is 1.57. The summed E-state index contributed by atoms with van der Waals surface area (Å²) in [6, 6.07) is 15.2. The van der Waals surface area contributed by atoms with Crippen LogP contribution in [-0.2, 0) is 16.0 Å². The summed E-state index contributed by atoms with van der Waals surface area (Å²) < 4.78 is 5.19. The Morgan fingerprint density at radius 1 is 1.15 bits per heavy atom. The van der Waals surface area contributed by atoms with Crippen molar-refractivity contribution in [2.45, 2.75) is 32.2 Å². The molecule has 2 aromatic rings. The lowest BCUT2D eigenvalue weighted by atomic mass is 10.0. The number of amides is 2. The quantitative estimate of drug-likeness (QED) is 0.860. The third kappa shape index (κ3) is 2.64. The molecule has 1 heterocycles. The van der Waals surface area contributed by atoms with Crippen molar-refractivity contribution in [1.29, 1.82) is 0 Å². The molecule has 1 saturated carbocycles. The molecular formula is C21H22N2O3. The number of para-hydroxylation sites is 1. The molecule has 26 heavy (non-hydrogen) atoms. The van der Waals surface area contributed by atoms with E-state index < -0.39 is 5.41 Å². The van der Waals surface area contributed by atoms with Crippen LogP contribution in [0.4, 0.5) is 11.4 Å². The molecule has 1 fully saturated rings. The molecule has 0 bridgehead atoms. The number of benzene rings is 2. The molecule has 0 spiro atoms. The lowest BCUT2D eigenvalue weighted by molar-refractivity contribution is -0.132. The van der Waals surface area contributed by atoms with Crippen LogP contribution in [0.25, 0.3) is 0 Å². The molecule has 5 nitrogen and oxygen atoms in total. The number of anilines is 2. The van der Waals surface area contributed by atoms with Crippen LogP contribution in [-0.4, -0.2) is 25.0 Å². The van der Waals surface area contributed by atoms with Gasteiger partial charge in [0.05, 0.1) is 7.11 Å². The van der Waals surface area contributed by atoms with E-state index in [2.05, 4.69) is 11.4 Å². The highest BCUT2D eigenvalue weighted by atomic mass is 16.5. The van der Waals surface area contributed by atoms with E-state index in [4.69, 9.17) is 4.74 Å². The van der Waals surface area contributed by atoms with Crippen LogP contribution in [0.2, 0.25) is 0 Å². The van der Waals surface area contributed by atoms with E-state index in [0.29, 0.717) is 24.3 Å². The molecule has 1 aliphatic carbocycles. The average Bonchev–Trinajstić information content (AvgIpc) is 3.39. The molecule has 2 aromatic carbocycles. The van der Waals surface area contributed by atoms with E-state index in [0.717, 1.165) is 17.7 Å². The highest BCUT2D eigenvalue weighted by molar-refractivity contribution is 6.18. The van der Waals surface area contributed by atoms with Gasteiger partial charge in [-0.05, 0) is 49.9 Å². The standard InChI is InChI=1S/C21H22N2O3/c1-14-12-15-6-3-4-9-18(15)23(14)20(25)21(10-11-21)19(24)22-16-7-5-8-17(13-16)26-2/h3-9,13-14H,10-12H2,1-2H3,(H,22,24). The molecule has 5 heteroatoms. The van der Waals surface area contributed by atoms with Crippen molar-refractivity contribution in [3.05, 3.63) is 54.1 Å². The summed E-state index contributed by atoms with van der Waals surface area (Å²) in [4.78, 5) is 28.0. The van der Waals surface area contributed by atoms with Crippen molar-refractivity contribution in [3.63, 3.8) is 0 Å². The molecule has 2 amide bonds. The molecule has 1 aliphatic heterocycles. The first kappa shape index (κ1) is 16.6. The zero-order chi connectivity index (χ0) is 18.3. The lowest BCUT2D eigenvalue weighted by Gasteiger charge is -2.27. The topological polar surface area (TPSA) is 58.6 Å². The Hall–Kier alpha value is -2.82. The molecule has 134 valence electrons. The van der Waals surface area contributed by atoms with Crippen molar-refractivity contribution in [2.75, 3.05) is 17.3 Å². The highest BCUT2D eigenvalue weighted by Gasteiger charge is 2.59. The zero-order valence-corrected chi connectivity index (χ0v) is 15.0. The van der Waals surface area contributed by atoms with Gasteiger partial charge in [0.15, 0.2) is 0 Å². The molecule has 2 aliphatic rings. The average molecular weight is 350 g/mol. The number of nitrogens with zero attached hydrogens (tertiary/aromatic N) is 1. The number of nitrogens with one attached hydrogen (secondary N) is 1. The molecule has 0 saturated heterocycles. The van der Waals surface area contributed by atoms with E-state index in [1.165, 1.54) is 0 Å². The van der Waals surface area contributed by atoms with Crippen molar-refractivity contribution in [1.82, 2.24) is 0 Å². The number of carbonyl (C=O) groups excluding carboxylic acids is 2. The van der Waals surface area contributed by atoms with Gasteiger partial charge < -0.3 is 15.0 Å². The minimum absolute atomic E-state index is 0.0713. The Bertz CT molecular complexity index is 873. The summed E-state index contributed by atoms with van der Waals surface area (Å²) in [7, 11) is 1.58. The van der Waals surface area contributed by atoms with Crippen molar-refractivity contribution in [2.24, 2.45) is 5.41 Å². The summed E-state index contributed by atoms with van der Waals surface area (Å²) >= 11 is 0. The van der Waals surface area contributed by atoms with Gasteiger partial charge in [-0.1, -0.05) is 24.3 Å². The van der Waals surface area contributed by atoms with E-state index in [-0.39, 0.29) is 17.9 Å². The monoisotopic (exact) mass is 350 g/mol. The summed E-state index contributed by atoms with van der Waals surface area (Å²) in [6.45, 7) is 2.04. The zero-order valence-electron chi connectivity index (χ0n) is 15.0. The summed E-state index contributed by atoms with van der Waals surface area (Å²) in [5.41, 5.74) is 1.79. The van der Waals surface area contributed by atoms with Gasteiger partial charge in [0, 0.05) is 23.5 Å². The Labute approximate surface area is 153 Å². The number of fused-ring (bicyclic) bond motifs is 1.